The molecule has 3 aromatic rings. The van der Waals surface area contributed by atoms with E-state index in [1.165, 1.54) is 27.4 Å². The van der Waals surface area contributed by atoms with Crippen molar-refractivity contribution in [1.29, 1.82) is 0 Å². The summed E-state index contributed by atoms with van der Waals surface area (Å²) >= 11 is 0. The molecule has 2 aromatic carbocycles. The van der Waals surface area contributed by atoms with Gasteiger partial charge in [-0.3, -0.25) is 0 Å². The fourth-order valence-corrected chi connectivity index (χ4v) is 5.36. The van der Waals surface area contributed by atoms with Gasteiger partial charge in [-0.05, 0) is 52.0 Å². The molecule has 0 atom stereocenters. The maximum atomic E-state index is 8.75. The number of aromatic nitrogens is 1. The van der Waals surface area contributed by atoms with E-state index in [0.29, 0.717) is 6.04 Å². The quantitative estimate of drug-likeness (QED) is 0.318. The van der Waals surface area contributed by atoms with Gasteiger partial charge in [-0.25, -0.2) is 4.57 Å². The second-order valence-electron chi connectivity index (χ2n) is 11.9. The van der Waals surface area contributed by atoms with Crippen LogP contribution in [0.2, 0.25) is 19.6 Å². The van der Waals surface area contributed by atoms with Crippen LogP contribution in [0.25, 0.3) is 22.0 Å². The smallest absolute Gasteiger partial charge is 0.200 e. The van der Waals surface area contributed by atoms with E-state index in [4.69, 9.17) is 2.74 Å². The number of hydrogen-bond donors (Lipinski definition) is 0. The van der Waals surface area contributed by atoms with E-state index >= 15 is 0 Å². The van der Waals surface area contributed by atoms with E-state index in [9.17, 15) is 0 Å². The average Bonchev–Trinajstić information content (AvgIpc) is 2.64. The van der Waals surface area contributed by atoms with Crippen molar-refractivity contribution < 1.29 is 7.31 Å². The minimum absolute atomic E-state index is 0.0125. The summed E-state index contributed by atoms with van der Waals surface area (Å²) in [6.07, 6.45) is 0.262. The molecule has 0 saturated heterocycles. The van der Waals surface area contributed by atoms with E-state index in [-0.39, 0.29) is 17.0 Å². The lowest BCUT2D eigenvalue weighted by Gasteiger charge is -2.28. The van der Waals surface area contributed by atoms with Gasteiger partial charge in [0.15, 0.2) is 6.17 Å². The highest BCUT2D eigenvalue weighted by Gasteiger charge is 2.27. The first-order chi connectivity index (χ1) is 14.4. The molecule has 1 aromatic heterocycles. The molecule has 30 heavy (non-hydrogen) atoms. The first kappa shape index (κ1) is 20.0. The second-order valence-corrected chi connectivity index (χ2v) is 16.9. The monoisotopic (exact) mass is 420 g/mol. The largest absolute Gasteiger partial charge is 0.220 e. The van der Waals surface area contributed by atoms with Crippen LogP contribution in [0.3, 0.4) is 0 Å². The number of nitrogens with zero attached hydrogens (tertiary/aromatic N) is 1. The maximum Gasteiger partial charge on any atom is 0.220 e. The Morgan fingerprint density at radius 1 is 0.900 bits per heavy atom. The van der Waals surface area contributed by atoms with E-state index in [2.05, 4.69) is 98.4 Å². The molecule has 1 nitrogen and oxygen atoms in total. The third-order valence-corrected chi connectivity index (χ3v) is 8.21. The van der Waals surface area contributed by atoms with E-state index in [0.717, 1.165) is 16.5 Å². The Labute approximate surface area is 188 Å². The topological polar surface area (TPSA) is 3.88 Å². The predicted molar refractivity (Wildman–Crippen MR) is 136 cm³/mol. The van der Waals surface area contributed by atoms with Gasteiger partial charge in [0.05, 0.1) is 20.4 Å². The van der Waals surface area contributed by atoms with Crippen LogP contribution in [0.4, 0.5) is 0 Å². The Kier molecular flexibility index (Phi) is 4.89. The number of pyridine rings is 1. The zero-order chi connectivity index (χ0) is 24.4. The van der Waals surface area contributed by atoms with Crippen LogP contribution in [-0.2, 0) is 17.9 Å². The second kappa shape index (κ2) is 7.34. The fourth-order valence-electron chi connectivity index (χ4n) is 4.20. The molecule has 0 aliphatic rings. The van der Waals surface area contributed by atoms with Gasteiger partial charge in [0.2, 0.25) is 5.69 Å². The molecule has 0 saturated carbocycles. The molecule has 0 fully saturated rings. The van der Waals surface area contributed by atoms with E-state index in [1.54, 1.807) is 0 Å². The maximum absolute atomic E-state index is 8.75. The summed E-state index contributed by atoms with van der Waals surface area (Å²) in [7, 11) is 0.401. The summed E-state index contributed by atoms with van der Waals surface area (Å²) < 4.78 is 19.4. The normalized spacial score (nSPS) is 14.1. The summed E-state index contributed by atoms with van der Waals surface area (Å²) in [6, 6.07) is 11.6. The summed E-state index contributed by atoms with van der Waals surface area (Å²) in [5, 5.41) is 3.28. The van der Waals surface area contributed by atoms with Crippen LogP contribution in [0.1, 0.15) is 61.0 Å². The van der Waals surface area contributed by atoms with Gasteiger partial charge >= 0.3 is 0 Å². The van der Waals surface area contributed by atoms with Gasteiger partial charge in [-0.1, -0.05) is 84.6 Å². The van der Waals surface area contributed by atoms with Gasteiger partial charge in [0.25, 0.3) is 0 Å². The van der Waals surface area contributed by atoms with Crippen LogP contribution in [0, 0.1) is 6.92 Å². The van der Waals surface area contributed by atoms with Crippen molar-refractivity contribution >= 4 is 24.0 Å². The third kappa shape index (κ3) is 4.25. The first-order valence-electron chi connectivity index (χ1n) is 12.0. The lowest BCUT2D eigenvalue weighted by molar-refractivity contribution is -0.659. The molecule has 0 N–H and O–H groups in total. The van der Waals surface area contributed by atoms with Crippen LogP contribution in [0.15, 0.2) is 42.5 Å². The summed E-state index contributed by atoms with van der Waals surface area (Å²) in [5.41, 5.74) is 6.14. The molecule has 0 unspecified atom stereocenters. The molecule has 0 aliphatic carbocycles. The Balaban J connectivity index is 2.52. The van der Waals surface area contributed by atoms with Gasteiger partial charge in [0.1, 0.15) is 8.42 Å². The highest BCUT2D eigenvalue weighted by molar-refractivity contribution is 6.88. The van der Waals surface area contributed by atoms with Crippen molar-refractivity contribution in [1.82, 2.24) is 0 Å². The molecule has 0 aliphatic heterocycles. The first-order valence-corrected chi connectivity index (χ1v) is 14.5. The van der Waals surface area contributed by atoms with Crippen LogP contribution >= 0.6 is 0 Å². The number of rotatable bonds is 2. The highest BCUT2D eigenvalue weighted by Crippen LogP contribution is 2.38. The number of benzene rings is 2. The molecule has 2 heteroatoms. The molecule has 1 heterocycles. The van der Waals surface area contributed by atoms with Crippen LogP contribution in [0.5, 0.6) is 0 Å². The number of hydrogen-bond acceptors (Lipinski definition) is 0. The fraction of sp³-hybridized carbons (Fsp3) is 0.464. The summed E-state index contributed by atoms with van der Waals surface area (Å²) in [5.74, 6) is 0. The molecule has 160 valence electrons. The lowest BCUT2D eigenvalue weighted by atomic mass is 9.76. The SMILES string of the molecule is [2H]c1c([2H])[n+](C)c(-c2cc(C(C)(C)C)cc(C(C)(C)C)c2C)c2ccc([Si](C)(C)C)cc12. The Morgan fingerprint density at radius 2 is 1.53 bits per heavy atom. The van der Waals surface area contributed by atoms with Crippen molar-refractivity contribution in [3.63, 3.8) is 0 Å². The van der Waals surface area contributed by atoms with Gasteiger partial charge in [-0.2, -0.15) is 0 Å². The molecule has 0 radical (unpaired) electrons. The minimum Gasteiger partial charge on any atom is -0.200 e. The van der Waals surface area contributed by atoms with Gasteiger partial charge < -0.3 is 0 Å². The summed E-state index contributed by atoms with van der Waals surface area (Å²) in [6.45, 7) is 22.8. The summed E-state index contributed by atoms with van der Waals surface area (Å²) in [4.78, 5) is 0. The van der Waals surface area contributed by atoms with Crippen molar-refractivity contribution in [2.24, 2.45) is 7.05 Å². The van der Waals surface area contributed by atoms with Gasteiger partial charge in [0, 0.05) is 6.04 Å². The molecule has 3 rings (SSSR count). The Morgan fingerprint density at radius 3 is 2.07 bits per heavy atom. The number of fused-ring (bicyclic) bond motifs is 1. The van der Waals surface area contributed by atoms with Gasteiger partial charge in [-0.15, -0.1) is 0 Å². The highest BCUT2D eigenvalue weighted by atomic mass is 28.3. The third-order valence-electron chi connectivity index (χ3n) is 6.17. The molecule has 0 bridgehead atoms. The lowest BCUT2D eigenvalue weighted by Crippen LogP contribution is -2.37. The zero-order valence-electron chi connectivity index (χ0n) is 22.8. The average molecular weight is 421 g/mol. The zero-order valence-corrected chi connectivity index (χ0v) is 21.8. The van der Waals surface area contributed by atoms with Crippen molar-refractivity contribution in [3.8, 4) is 11.3 Å². The minimum atomic E-state index is -1.53. The van der Waals surface area contributed by atoms with E-state index in [1.807, 2.05) is 11.6 Å². The van der Waals surface area contributed by atoms with Crippen molar-refractivity contribution in [3.05, 3.63) is 59.2 Å². The van der Waals surface area contributed by atoms with Crippen molar-refractivity contribution in [2.75, 3.05) is 0 Å². The molecule has 0 spiro atoms. The standard InChI is InChI=1S/C28H40NSi/c1-19-24(17-21(27(2,3)4)18-25(19)28(5,6)7)26-23-13-12-22(30(9,10)11)16-20(23)14-15-29(26)8/h12-18H,1-11H3/q+1/i14D,15D. The Bertz CT molecular complexity index is 1210. The molecular formula is C28H40NSi+. The van der Waals surface area contributed by atoms with E-state index < -0.39 is 8.07 Å². The van der Waals surface area contributed by atoms with Crippen LogP contribution < -0.4 is 9.75 Å². The Hall–Kier alpha value is -1.93. The van der Waals surface area contributed by atoms with Crippen molar-refractivity contribution in [2.45, 2.75) is 78.9 Å². The predicted octanol–water partition coefficient (Wildman–Crippen LogP) is 6.78. The van der Waals surface area contributed by atoms with Crippen LogP contribution in [-0.4, -0.2) is 8.07 Å². The molecule has 0 amide bonds. The molecular weight excluding hydrogens is 378 g/mol.